The molecule has 6 nitrogen and oxygen atoms in total. The highest BCUT2D eigenvalue weighted by atomic mass is 35.5. The molecule has 2 aromatic rings. The normalized spacial score (nSPS) is 16.8. The third-order valence-electron chi connectivity index (χ3n) is 4.47. The van der Waals surface area contributed by atoms with Crippen LogP contribution in [0.25, 0.3) is 0 Å². The van der Waals surface area contributed by atoms with Crippen molar-refractivity contribution in [1.82, 2.24) is 9.88 Å². The van der Waals surface area contributed by atoms with Crippen LogP contribution in [0, 0.1) is 0 Å². The van der Waals surface area contributed by atoms with Crippen LogP contribution in [-0.2, 0) is 11.3 Å². The van der Waals surface area contributed by atoms with Gasteiger partial charge in [-0.2, -0.15) is 0 Å². The molecule has 0 saturated carbocycles. The first-order valence-corrected chi connectivity index (χ1v) is 9.85. The molecule has 8 heteroatoms. The van der Waals surface area contributed by atoms with Gasteiger partial charge in [-0.05, 0) is 31.2 Å². The zero-order chi connectivity index (χ0) is 18.5. The summed E-state index contributed by atoms with van der Waals surface area (Å²) in [5.41, 5.74) is 8.30. The van der Waals surface area contributed by atoms with Gasteiger partial charge >= 0.3 is 0 Å². The number of piperazine rings is 1. The summed E-state index contributed by atoms with van der Waals surface area (Å²) in [6.45, 7) is 5.99. The van der Waals surface area contributed by atoms with E-state index in [4.69, 9.17) is 22.1 Å². The molecule has 0 spiro atoms. The Morgan fingerprint density at radius 2 is 2.00 bits per heavy atom. The predicted octanol–water partition coefficient (Wildman–Crippen LogP) is 3.14. The van der Waals surface area contributed by atoms with Crippen molar-refractivity contribution in [2.24, 2.45) is 10.7 Å². The number of aliphatic imine (C=N–C) groups is 1. The smallest absolute Gasteiger partial charge is 0.191 e. The Labute approximate surface area is 163 Å². The maximum Gasteiger partial charge on any atom is 0.191 e. The summed E-state index contributed by atoms with van der Waals surface area (Å²) in [5.74, 6) is 0.579. The average Bonchev–Trinajstić information content (AvgIpc) is 3.15. The van der Waals surface area contributed by atoms with E-state index in [0.717, 1.165) is 41.9 Å². The molecule has 1 unspecified atom stereocenters. The van der Waals surface area contributed by atoms with Crippen LogP contribution < -0.4 is 10.6 Å². The lowest BCUT2D eigenvalue weighted by Gasteiger charge is -2.36. The Balaban J connectivity index is 1.52. The number of nitrogens with two attached hydrogens (primary N) is 1. The fraction of sp³-hybridized carbons (Fsp3) is 0.444. The van der Waals surface area contributed by atoms with Crippen molar-refractivity contribution >= 4 is 34.6 Å². The number of nitrogens with zero attached hydrogens (tertiary/aromatic N) is 4. The maximum atomic E-state index is 6.18. The number of hydrogen-bond donors (Lipinski definition) is 1. The van der Waals surface area contributed by atoms with Gasteiger partial charge in [0.15, 0.2) is 5.96 Å². The summed E-state index contributed by atoms with van der Waals surface area (Å²) in [7, 11) is 1.69. The molecule has 3 rings (SSSR count). The second-order valence-electron chi connectivity index (χ2n) is 6.18. The lowest BCUT2D eigenvalue weighted by Crippen LogP contribution is -2.51. The average molecular weight is 394 g/mol. The Kier molecular flexibility index (Phi) is 6.34. The number of halogens is 1. The first-order valence-electron chi connectivity index (χ1n) is 8.59. The molecule has 1 aliphatic rings. The third kappa shape index (κ3) is 4.66. The van der Waals surface area contributed by atoms with Crippen LogP contribution in [-0.4, -0.2) is 49.1 Å². The summed E-state index contributed by atoms with van der Waals surface area (Å²) in [4.78, 5) is 13.5. The summed E-state index contributed by atoms with van der Waals surface area (Å²) < 4.78 is 5.29. The Bertz CT molecular complexity index is 740. The molecular formula is C18H24ClN5OS. The standard InChI is InChI=1S/C18H24ClN5OS/c1-13(25-2)17-22-15(12-26-17)11-21-18(20)24-9-7-23(8-10-24)16-5-3-14(19)4-6-16/h3-6,12-13H,7-11H2,1-2H3,(H2,20,21). The van der Waals surface area contributed by atoms with Gasteiger partial charge in [0.1, 0.15) is 11.1 Å². The van der Waals surface area contributed by atoms with Gasteiger partial charge in [-0.1, -0.05) is 11.6 Å². The van der Waals surface area contributed by atoms with Gasteiger partial charge in [-0.15, -0.1) is 11.3 Å². The van der Waals surface area contributed by atoms with Crippen molar-refractivity contribution in [2.75, 3.05) is 38.2 Å². The van der Waals surface area contributed by atoms with E-state index >= 15 is 0 Å². The van der Waals surface area contributed by atoms with E-state index in [1.165, 1.54) is 5.69 Å². The molecule has 0 aliphatic carbocycles. The molecule has 1 aromatic heterocycles. The van der Waals surface area contributed by atoms with E-state index < -0.39 is 0 Å². The van der Waals surface area contributed by atoms with Crippen molar-refractivity contribution in [3.63, 3.8) is 0 Å². The highest BCUT2D eigenvalue weighted by Crippen LogP contribution is 2.21. The van der Waals surface area contributed by atoms with E-state index in [1.807, 2.05) is 24.4 Å². The topological polar surface area (TPSA) is 67.0 Å². The van der Waals surface area contributed by atoms with Gasteiger partial charge in [0.05, 0.1) is 12.2 Å². The molecule has 0 amide bonds. The summed E-state index contributed by atoms with van der Waals surface area (Å²) in [5, 5.41) is 3.74. The van der Waals surface area contributed by atoms with Crippen LogP contribution in [0.15, 0.2) is 34.6 Å². The van der Waals surface area contributed by atoms with Crippen LogP contribution in [0.1, 0.15) is 23.7 Å². The quantitative estimate of drug-likeness (QED) is 0.624. The van der Waals surface area contributed by atoms with E-state index in [2.05, 4.69) is 31.9 Å². The largest absolute Gasteiger partial charge is 0.375 e. The molecule has 1 fully saturated rings. The number of hydrogen-bond acceptors (Lipinski definition) is 5. The number of thiazole rings is 1. The van der Waals surface area contributed by atoms with Crippen molar-refractivity contribution in [3.8, 4) is 0 Å². The molecular weight excluding hydrogens is 370 g/mol. The van der Waals surface area contributed by atoms with Crippen LogP contribution in [0.3, 0.4) is 0 Å². The highest BCUT2D eigenvalue weighted by molar-refractivity contribution is 7.09. The molecule has 1 aliphatic heterocycles. The van der Waals surface area contributed by atoms with E-state index in [0.29, 0.717) is 12.5 Å². The second-order valence-corrected chi connectivity index (χ2v) is 7.51. The van der Waals surface area contributed by atoms with Crippen molar-refractivity contribution < 1.29 is 4.74 Å². The number of methoxy groups -OCH3 is 1. The first-order chi connectivity index (χ1) is 12.6. The van der Waals surface area contributed by atoms with Crippen LogP contribution in [0.5, 0.6) is 0 Å². The monoisotopic (exact) mass is 393 g/mol. The minimum absolute atomic E-state index is 0.0102. The highest BCUT2D eigenvalue weighted by Gasteiger charge is 2.18. The zero-order valence-electron chi connectivity index (χ0n) is 15.1. The number of benzene rings is 1. The third-order valence-corrected chi connectivity index (χ3v) is 5.78. The number of anilines is 1. The Morgan fingerprint density at radius 3 is 2.65 bits per heavy atom. The zero-order valence-corrected chi connectivity index (χ0v) is 16.6. The lowest BCUT2D eigenvalue weighted by molar-refractivity contribution is 0.119. The van der Waals surface area contributed by atoms with Gasteiger partial charge < -0.3 is 20.3 Å². The number of aromatic nitrogens is 1. The van der Waals surface area contributed by atoms with Gasteiger partial charge in [-0.3, -0.25) is 0 Å². The van der Waals surface area contributed by atoms with Crippen LogP contribution >= 0.6 is 22.9 Å². The molecule has 1 aromatic carbocycles. The first kappa shape index (κ1) is 18.9. The molecule has 26 heavy (non-hydrogen) atoms. The van der Waals surface area contributed by atoms with Gasteiger partial charge in [0.2, 0.25) is 0 Å². The fourth-order valence-corrected chi connectivity index (χ4v) is 3.76. The second kappa shape index (κ2) is 8.70. The summed E-state index contributed by atoms with van der Waals surface area (Å²) in [6.07, 6.45) is 0.0102. The minimum Gasteiger partial charge on any atom is -0.375 e. The number of guanidine groups is 1. The molecule has 0 bridgehead atoms. The number of ether oxygens (including phenoxy) is 1. The molecule has 2 heterocycles. The summed E-state index contributed by atoms with van der Waals surface area (Å²) >= 11 is 7.55. The van der Waals surface area contributed by atoms with Crippen LogP contribution in [0.2, 0.25) is 5.02 Å². The van der Waals surface area contributed by atoms with Crippen molar-refractivity contribution in [1.29, 1.82) is 0 Å². The van der Waals surface area contributed by atoms with Crippen molar-refractivity contribution in [2.45, 2.75) is 19.6 Å². The van der Waals surface area contributed by atoms with Gasteiger partial charge in [0, 0.05) is 49.4 Å². The maximum absolute atomic E-state index is 6.18. The predicted molar refractivity (Wildman–Crippen MR) is 108 cm³/mol. The molecule has 0 radical (unpaired) electrons. The number of rotatable bonds is 5. The van der Waals surface area contributed by atoms with Crippen LogP contribution in [0.4, 0.5) is 5.69 Å². The molecule has 2 N–H and O–H groups in total. The molecule has 1 saturated heterocycles. The Hall–Kier alpha value is -1.83. The summed E-state index contributed by atoms with van der Waals surface area (Å²) in [6, 6.07) is 7.95. The molecule has 140 valence electrons. The SMILES string of the molecule is COC(C)c1nc(CN=C(N)N2CCN(c3ccc(Cl)cc3)CC2)cs1. The lowest BCUT2D eigenvalue weighted by atomic mass is 10.2. The van der Waals surface area contributed by atoms with Gasteiger partial charge in [-0.25, -0.2) is 9.98 Å². The van der Waals surface area contributed by atoms with E-state index in [1.54, 1.807) is 18.4 Å². The van der Waals surface area contributed by atoms with E-state index in [-0.39, 0.29) is 6.10 Å². The Morgan fingerprint density at radius 1 is 1.31 bits per heavy atom. The fourth-order valence-electron chi connectivity index (χ4n) is 2.79. The van der Waals surface area contributed by atoms with Gasteiger partial charge in [0.25, 0.3) is 0 Å². The van der Waals surface area contributed by atoms with Crippen molar-refractivity contribution in [3.05, 3.63) is 45.4 Å². The van der Waals surface area contributed by atoms with E-state index in [9.17, 15) is 0 Å². The minimum atomic E-state index is 0.0102. The molecule has 1 atom stereocenters.